The Morgan fingerprint density at radius 2 is 0.625 bits per heavy atom. The number of aliphatic imine (C=N–C) groups is 2. The number of benzene rings is 4. The van der Waals surface area contributed by atoms with Crippen LogP contribution in [-0.2, 0) is 0 Å². The van der Waals surface area contributed by atoms with Crippen molar-refractivity contribution in [3.8, 4) is 0 Å². The molecular weight excluding hydrogens is 388 g/mol. The second-order valence-corrected chi connectivity index (χ2v) is 8.32. The van der Waals surface area contributed by atoms with Crippen LogP contribution in [0.25, 0.3) is 0 Å². The van der Waals surface area contributed by atoms with E-state index in [4.69, 9.17) is 9.98 Å². The molecule has 0 bridgehead atoms. The second-order valence-electron chi connectivity index (χ2n) is 8.32. The summed E-state index contributed by atoms with van der Waals surface area (Å²) in [5, 5.41) is 0. The van der Waals surface area contributed by atoms with Gasteiger partial charge in [0.15, 0.2) is 0 Å². The number of rotatable bonds is 5. The fourth-order valence-corrected chi connectivity index (χ4v) is 3.43. The van der Waals surface area contributed by atoms with E-state index in [1.807, 2.05) is 0 Å². The van der Waals surface area contributed by atoms with Gasteiger partial charge in [0.05, 0.1) is 22.8 Å². The van der Waals surface area contributed by atoms with Gasteiger partial charge in [-0.2, -0.15) is 0 Å². The fourth-order valence-electron chi connectivity index (χ4n) is 3.43. The zero-order chi connectivity index (χ0) is 22.5. The molecule has 32 heavy (non-hydrogen) atoms. The van der Waals surface area contributed by atoms with Crippen LogP contribution in [0.15, 0.2) is 107 Å². The van der Waals surface area contributed by atoms with E-state index in [9.17, 15) is 0 Å². The molecule has 0 aliphatic rings. The van der Waals surface area contributed by atoms with Gasteiger partial charge in [-0.1, -0.05) is 95.1 Å². The molecule has 0 amide bonds. The average molecular weight is 417 g/mol. The Hall–Kier alpha value is -3.78. The molecule has 0 aliphatic heterocycles. The Morgan fingerprint density at radius 1 is 0.375 bits per heavy atom. The third-order valence-electron chi connectivity index (χ3n) is 5.42. The molecule has 158 valence electrons. The van der Waals surface area contributed by atoms with E-state index in [2.05, 4.69) is 125 Å². The van der Waals surface area contributed by atoms with E-state index in [-0.39, 0.29) is 0 Å². The molecule has 2 nitrogen and oxygen atoms in total. The molecule has 0 fully saturated rings. The number of hydrogen-bond acceptors (Lipinski definition) is 2. The van der Waals surface area contributed by atoms with Crippen LogP contribution in [0.2, 0.25) is 0 Å². The molecule has 0 spiro atoms. The first kappa shape index (κ1) is 21.5. The first-order valence-electron chi connectivity index (χ1n) is 10.9. The minimum absolute atomic E-state index is 0.860. The van der Waals surface area contributed by atoms with Crippen LogP contribution >= 0.6 is 0 Å². The van der Waals surface area contributed by atoms with Crippen molar-refractivity contribution in [2.24, 2.45) is 9.98 Å². The highest BCUT2D eigenvalue weighted by Crippen LogP contribution is 2.22. The Kier molecular flexibility index (Phi) is 6.42. The van der Waals surface area contributed by atoms with Gasteiger partial charge in [-0.25, -0.2) is 9.98 Å². The molecule has 0 unspecified atom stereocenters. The van der Waals surface area contributed by atoms with Crippen molar-refractivity contribution in [2.75, 3.05) is 0 Å². The number of aryl methyl sites for hydroxylation is 4. The van der Waals surface area contributed by atoms with Crippen LogP contribution in [0.4, 0.5) is 11.4 Å². The maximum absolute atomic E-state index is 5.10. The molecule has 0 heterocycles. The van der Waals surface area contributed by atoms with Gasteiger partial charge in [0, 0.05) is 11.1 Å². The third-order valence-corrected chi connectivity index (χ3v) is 5.42. The first-order chi connectivity index (χ1) is 15.5. The summed E-state index contributed by atoms with van der Waals surface area (Å²) in [4.78, 5) is 10.2. The van der Waals surface area contributed by atoms with Gasteiger partial charge in [-0.3, -0.25) is 0 Å². The van der Waals surface area contributed by atoms with E-state index in [0.29, 0.717) is 0 Å². The molecule has 0 aliphatic carbocycles. The van der Waals surface area contributed by atoms with Gasteiger partial charge < -0.3 is 0 Å². The van der Waals surface area contributed by atoms with Gasteiger partial charge in [-0.05, 0) is 52.0 Å². The Balaban J connectivity index is 1.94. The molecule has 0 saturated heterocycles. The van der Waals surface area contributed by atoms with Gasteiger partial charge in [0.2, 0.25) is 0 Å². The Bertz CT molecular complexity index is 1140. The smallest absolute Gasteiger partial charge is 0.0972 e. The van der Waals surface area contributed by atoms with Crippen LogP contribution in [0.1, 0.15) is 33.4 Å². The largest absolute Gasteiger partial charge is 0.246 e. The lowest BCUT2D eigenvalue weighted by Crippen LogP contribution is -2.17. The van der Waals surface area contributed by atoms with Crippen LogP contribution in [-0.4, -0.2) is 11.4 Å². The van der Waals surface area contributed by atoms with Crippen LogP contribution in [0.5, 0.6) is 0 Å². The zero-order valence-electron chi connectivity index (χ0n) is 19.1. The molecule has 0 radical (unpaired) electrons. The summed E-state index contributed by atoms with van der Waals surface area (Å²) >= 11 is 0. The molecule has 0 N–H and O–H groups in total. The third kappa shape index (κ3) is 5.28. The summed E-state index contributed by atoms with van der Waals surface area (Å²) in [7, 11) is 0. The normalized spacial score (nSPS) is 12.1. The number of nitrogens with zero attached hydrogens (tertiary/aromatic N) is 2. The standard InChI is InChI=1S/C30H28N2/c1-21-5-13-25(14-6-21)29(31-27-17-9-23(3)10-18-27)30(26-15-7-22(2)8-16-26)32-28-19-11-24(4)12-20-28/h5-20H,1-4H3. The maximum Gasteiger partial charge on any atom is 0.0972 e. The Labute approximate surface area is 191 Å². The van der Waals surface area contributed by atoms with E-state index < -0.39 is 0 Å². The molecular formula is C30H28N2. The highest BCUT2D eigenvalue weighted by atomic mass is 14.8. The first-order valence-corrected chi connectivity index (χ1v) is 10.9. The lowest BCUT2D eigenvalue weighted by molar-refractivity contribution is 1.41. The molecule has 0 atom stereocenters. The molecule has 4 rings (SSSR count). The predicted molar refractivity (Wildman–Crippen MR) is 137 cm³/mol. The molecule has 0 saturated carbocycles. The summed E-state index contributed by atoms with van der Waals surface area (Å²) < 4.78 is 0. The van der Waals surface area contributed by atoms with Crippen molar-refractivity contribution >= 4 is 22.8 Å². The SMILES string of the molecule is Cc1ccc(N=C(C(=Nc2ccc(C)cc2)c2ccc(C)cc2)c2ccc(C)cc2)cc1. The van der Waals surface area contributed by atoms with Gasteiger partial charge in [0.1, 0.15) is 0 Å². The van der Waals surface area contributed by atoms with Gasteiger partial charge in [0.25, 0.3) is 0 Å². The summed E-state index contributed by atoms with van der Waals surface area (Å²) in [6, 6.07) is 33.6. The topological polar surface area (TPSA) is 24.7 Å². The van der Waals surface area contributed by atoms with Gasteiger partial charge >= 0.3 is 0 Å². The van der Waals surface area contributed by atoms with Crippen LogP contribution in [0, 0.1) is 27.7 Å². The van der Waals surface area contributed by atoms with E-state index in [1.165, 1.54) is 22.3 Å². The van der Waals surface area contributed by atoms with Crippen molar-refractivity contribution < 1.29 is 0 Å². The van der Waals surface area contributed by atoms with Gasteiger partial charge in [-0.15, -0.1) is 0 Å². The lowest BCUT2D eigenvalue weighted by atomic mass is 9.97. The molecule has 4 aromatic carbocycles. The van der Waals surface area contributed by atoms with Crippen molar-refractivity contribution in [3.63, 3.8) is 0 Å². The minimum Gasteiger partial charge on any atom is -0.246 e. The van der Waals surface area contributed by atoms with Crippen molar-refractivity contribution in [1.82, 2.24) is 0 Å². The number of hydrogen-bond donors (Lipinski definition) is 0. The van der Waals surface area contributed by atoms with Crippen LogP contribution in [0.3, 0.4) is 0 Å². The highest BCUT2D eigenvalue weighted by molar-refractivity contribution is 6.54. The maximum atomic E-state index is 5.10. The Morgan fingerprint density at radius 3 is 0.906 bits per heavy atom. The minimum atomic E-state index is 0.860. The van der Waals surface area contributed by atoms with E-state index in [0.717, 1.165) is 33.9 Å². The average Bonchev–Trinajstić information content (AvgIpc) is 2.80. The summed E-state index contributed by atoms with van der Waals surface area (Å²) in [6.07, 6.45) is 0. The second kappa shape index (κ2) is 9.57. The summed E-state index contributed by atoms with van der Waals surface area (Å²) in [6.45, 7) is 8.37. The molecule has 0 aromatic heterocycles. The summed E-state index contributed by atoms with van der Waals surface area (Å²) in [5.74, 6) is 0. The van der Waals surface area contributed by atoms with E-state index in [1.54, 1.807) is 0 Å². The quantitative estimate of drug-likeness (QED) is 0.296. The monoisotopic (exact) mass is 416 g/mol. The molecule has 2 heteroatoms. The van der Waals surface area contributed by atoms with Crippen molar-refractivity contribution in [2.45, 2.75) is 27.7 Å². The molecule has 4 aromatic rings. The van der Waals surface area contributed by atoms with Crippen LogP contribution < -0.4 is 0 Å². The fraction of sp³-hybridized carbons (Fsp3) is 0.133. The summed E-state index contributed by atoms with van der Waals surface area (Å²) in [5.41, 5.74) is 10.5. The van der Waals surface area contributed by atoms with Crippen molar-refractivity contribution in [3.05, 3.63) is 130 Å². The highest BCUT2D eigenvalue weighted by Gasteiger charge is 2.15. The van der Waals surface area contributed by atoms with Crippen molar-refractivity contribution in [1.29, 1.82) is 0 Å². The predicted octanol–water partition coefficient (Wildman–Crippen LogP) is 7.86. The van der Waals surface area contributed by atoms with E-state index >= 15 is 0 Å². The zero-order valence-corrected chi connectivity index (χ0v) is 19.1. The lowest BCUT2D eigenvalue weighted by Gasteiger charge is -2.13.